The van der Waals surface area contributed by atoms with Crippen molar-refractivity contribution in [2.75, 3.05) is 31.9 Å². The first-order valence-electron chi connectivity index (χ1n) is 24.9. The average molecular weight is 1100 g/mol. The molecule has 4 heterocycles. The molecule has 0 spiro atoms. The molecule has 77 heavy (non-hydrogen) atoms. The number of carbonyl (C=O) groups excluding carboxylic acids is 1. The maximum atomic E-state index is 13.4. The van der Waals surface area contributed by atoms with E-state index >= 15 is 0 Å². The first kappa shape index (κ1) is 51.6. The van der Waals surface area contributed by atoms with Gasteiger partial charge in [-0.05, 0) is 88.3 Å². The van der Waals surface area contributed by atoms with E-state index in [2.05, 4.69) is 86.3 Å². The molecule has 387 valence electrons. The van der Waals surface area contributed by atoms with E-state index in [0.29, 0.717) is 45.0 Å². The minimum atomic E-state index is -3.43. The summed E-state index contributed by atoms with van der Waals surface area (Å²) >= 11 is 8.17. The van der Waals surface area contributed by atoms with Crippen LogP contribution in [0.4, 0.5) is 5.82 Å². The number of hydrogen-bond acceptors (Lipinski definition) is 14. The Morgan fingerprint density at radius 2 is 1.32 bits per heavy atom. The van der Waals surface area contributed by atoms with Gasteiger partial charge in [-0.15, -0.1) is 5.10 Å². The Balaban J connectivity index is 0.979. The Labute approximate surface area is 456 Å². The van der Waals surface area contributed by atoms with Crippen LogP contribution in [-0.4, -0.2) is 88.2 Å². The predicted molar refractivity (Wildman–Crippen MR) is 305 cm³/mol. The van der Waals surface area contributed by atoms with Gasteiger partial charge in [0.05, 0.1) is 33.3 Å². The van der Waals surface area contributed by atoms with Crippen molar-refractivity contribution >= 4 is 82.0 Å². The van der Waals surface area contributed by atoms with E-state index in [1.807, 2.05) is 114 Å². The number of anilines is 1. The lowest BCUT2D eigenvalue weighted by Gasteiger charge is -2.37. The zero-order valence-electron chi connectivity index (χ0n) is 41.9. The number of methoxy groups -OCH3 is 2. The van der Waals surface area contributed by atoms with Crippen LogP contribution in [0, 0.1) is 0 Å². The summed E-state index contributed by atoms with van der Waals surface area (Å²) in [6.07, 6.45) is 1.13. The summed E-state index contributed by atoms with van der Waals surface area (Å²) in [5, 5.41) is 14.4. The number of fused-ring (bicyclic) bond motifs is 2. The monoisotopic (exact) mass is 1100 g/mol. The van der Waals surface area contributed by atoms with Crippen LogP contribution in [0.5, 0.6) is 11.5 Å². The van der Waals surface area contributed by atoms with Gasteiger partial charge in [-0.1, -0.05) is 172 Å². The van der Waals surface area contributed by atoms with E-state index in [9.17, 15) is 4.79 Å². The fourth-order valence-corrected chi connectivity index (χ4v) is 17.6. The van der Waals surface area contributed by atoms with Crippen LogP contribution < -0.4 is 29.8 Å². The Bertz CT molecular complexity index is 3540. The summed E-state index contributed by atoms with van der Waals surface area (Å²) in [6.45, 7) is 0.00945. The largest absolute Gasteiger partial charge is 0.497 e. The third-order valence-corrected chi connectivity index (χ3v) is 21.5. The van der Waals surface area contributed by atoms with Crippen molar-refractivity contribution in [3.05, 3.63) is 229 Å². The third-order valence-electron chi connectivity index (χ3n) is 13.4. The van der Waals surface area contributed by atoms with Gasteiger partial charge in [-0.2, -0.15) is 0 Å². The van der Waals surface area contributed by atoms with Gasteiger partial charge in [0.25, 0.3) is 5.91 Å². The van der Waals surface area contributed by atoms with Gasteiger partial charge in [-0.25, -0.2) is 15.0 Å². The second-order valence-corrected chi connectivity index (χ2v) is 26.9. The van der Waals surface area contributed by atoms with Crippen LogP contribution in [0.1, 0.15) is 39.7 Å². The molecule has 0 bridgehead atoms. The fraction of sp³-hybridized carbons (Fsp3) is 0.172. The number of nitrogens with zero attached hydrogens (tertiary/aromatic N) is 7. The number of rotatable bonds is 21. The highest BCUT2D eigenvalue weighted by Gasteiger charge is 2.46. The predicted octanol–water partition coefficient (Wildman–Crippen LogP) is 9.92. The molecule has 3 aromatic heterocycles. The number of carbonyl (C=O) groups is 1. The van der Waals surface area contributed by atoms with Crippen molar-refractivity contribution in [2.24, 2.45) is 0 Å². The zero-order valence-corrected chi connectivity index (χ0v) is 45.5. The maximum Gasteiger partial charge on any atom is 0.322 e. The number of nitrogens with one attached hydrogen (secondary N) is 1. The number of imidazole rings is 1. The average Bonchev–Trinajstić information content (AvgIpc) is 4.30. The van der Waals surface area contributed by atoms with E-state index < -0.39 is 38.5 Å². The van der Waals surface area contributed by atoms with Gasteiger partial charge < -0.3 is 33.4 Å². The molecule has 11 rings (SSSR count). The van der Waals surface area contributed by atoms with E-state index in [0.717, 1.165) is 22.7 Å². The molecule has 1 saturated heterocycles. The SMILES string of the molecule is COc1ccc(C(OC[C@H]2O[C@@H](n3cnc4c(NC(=O)c5ccccc5)ncnc43)C[C@@H]2OP(=S)(On2nnc3ccccc32)SCC[Si](c2ccccc2)c2ccccc2)(c2ccccc2)c2ccc(OC)cc2)cc1. The molecule has 1 amide bonds. The van der Waals surface area contributed by atoms with E-state index in [4.69, 9.17) is 44.9 Å². The number of aromatic nitrogens is 7. The van der Waals surface area contributed by atoms with E-state index in [1.54, 1.807) is 44.8 Å². The molecule has 0 saturated carbocycles. The van der Waals surface area contributed by atoms with Gasteiger partial charge in [0, 0.05) is 17.7 Å². The van der Waals surface area contributed by atoms with Gasteiger partial charge in [0.2, 0.25) is 0 Å². The molecule has 4 atom stereocenters. The summed E-state index contributed by atoms with van der Waals surface area (Å²) in [6, 6.07) is 64.5. The first-order chi connectivity index (χ1) is 37.8. The van der Waals surface area contributed by atoms with Gasteiger partial charge in [-0.3, -0.25) is 9.36 Å². The third kappa shape index (κ3) is 11.2. The zero-order chi connectivity index (χ0) is 52.6. The molecule has 1 unspecified atom stereocenters. The van der Waals surface area contributed by atoms with Crippen molar-refractivity contribution in [2.45, 2.75) is 36.5 Å². The van der Waals surface area contributed by atoms with E-state index in [1.165, 1.54) is 32.9 Å². The van der Waals surface area contributed by atoms with Crippen molar-refractivity contribution < 1.29 is 32.9 Å². The minimum absolute atomic E-state index is 0.00945. The lowest BCUT2D eigenvalue weighted by atomic mass is 9.80. The second-order valence-electron chi connectivity index (χ2n) is 18.0. The molecule has 1 N–H and O–H groups in total. The minimum Gasteiger partial charge on any atom is -0.497 e. The molecule has 19 heteroatoms. The first-order valence-corrected chi connectivity index (χ1v) is 30.8. The smallest absolute Gasteiger partial charge is 0.322 e. The van der Waals surface area contributed by atoms with Crippen molar-refractivity contribution in [3.63, 3.8) is 0 Å². The van der Waals surface area contributed by atoms with Crippen LogP contribution in [0.25, 0.3) is 22.2 Å². The van der Waals surface area contributed by atoms with Crippen molar-refractivity contribution in [1.29, 1.82) is 0 Å². The Morgan fingerprint density at radius 1 is 0.740 bits per heavy atom. The summed E-state index contributed by atoms with van der Waals surface area (Å²) in [7, 11) is 2.03. The summed E-state index contributed by atoms with van der Waals surface area (Å²) in [4.78, 5) is 28.6. The standard InChI is InChI=1S/C58H52N8O7PS2Si/c1-68-45-31-27-43(28-32-45)58(42-19-9-4-10-20-42,44-29-33-46(69-2)34-30-44)70-38-52-51(37-53(71-52)65-40-61-54-55(59-39-60-56(54)65)62-57(67)41-17-7-3-8-18-41)72-74(75,73-66-50-26-16-15-25-49(50)63-64-66)76-35-36-77(47-21-11-5-12-22-47)48-23-13-6-14-24-48/h3-34,39-40,51-53H,35-38H2,1-2H3,(H,59,60,62,67)/t51-,52+,53+,74?/m0/s1. The molecule has 0 aliphatic carbocycles. The molecule has 1 aliphatic rings. The Morgan fingerprint density at radius 3 is 1.96 bits per heavy atom. The quantitative estimate of drug-likeness (QED) is 0.0412. The summed E-state index contributed by atoms with van der Waals surface area (Å²) in [5.74, 6) is 1.94. The highest BCUT2D eigenvalue weighted by molar-refractivity contribution is 8.68. The topological polar surface area (TPSA) is 159 Å². The Kier molecular flexibility index (Phi) is 15.6. The molecular formula is C58H52N8O7PS2Si. The molecule has 1 aliphatic heterocycles. The molecule has 15 nitrogen and oxygen atoms in total. The van der Waals surface area contributed by atoms with Crippen molar-refractivity contribution in [3.8, 4) is 11.5 Å². The molecule has 1 fully saturated rings. The molecule has 10 aromatic rings. The lowest BCUT2D eigenvalue weighted by Crippen LogP contribution is -2.42. The second kappa shape index (κ2) is 23.4. The van der Waals surface area contributed by atoms with Gasteiger partial charge >= 0.3 is 5.69 Å². The normalized spacial score (nSPS) is 16.3. The molecule has 1 radical (unpaired) electrons. The summed E-state index contributed by atoms with van der Waals surface area (Å²) < 4.78 is 42.0. The fourth-order valence-electron chi connectivity index (χ4n) is 9.57. The van der Waals surface area contributed by atoms with Gasteiger partial charge in [0.15, 0.2) is 17.0 Å². The highest BCUT2D eigenvalue weighted by atomic mass is 32.9. The molecular weight excluding hydrogens is 1040 g/mol. The van der Waals surface area contributed by atoms with E-state index in [-0.39, 0.29) is 24.8 Å². The molecule has 7 aromatic carbocycles. The number of para-hydroxylation sites is 1. The van der Waals surface area contributed by atoms with Gasteiger partial charge in [0.1, 0.15) is 55.6 Å². The maximum absolute atomic E-state index is 13.4. The Hall–Kier alpha value is -7.54. The van der Waals surface area contributed by atoms with Crippen LogP contribution in [0.3, 0.4) is 0 Å². The number of benzene rings is 7. The van der Waals surface area contributed by atoms with Crippen LogP contribution in [0.2, 0.25) is 6.04 Å². The number of ether oxygens (including phenoxy) is 4. The van der Waals surface area contributed by atoms with Crippen LogP contribution in [0.15, 0.2) is 207 Å². The summed E-state index contributed by atoms with van der Waals surface area (Å²) in [5.41, 5.74) is 0.551. The lowest BCUT2D eigenvalue weighted by molar-refractivity contribution is -0.0901. The number of hydrogen-bond donors (Lipinski definition) is 1. The van der Waals surface area contributed by atoms with Crippen LogP contribution in [-0.2, 0) is 31.4 Å². The van der Waals surface area contributed by atoms with Crippen LogP contribution >= 0.6 is 17.1 Å². The van der Waals surface area contributed by atoms with Crippen molar-refractivity contribution in [1.82, 2.24) is 34.7 Å². The number of amides is 1. The highest BCUT2D eigenvalue weighted by Crippen LogP contribution is 2.61.